The minimum absolute atomic E-state index is 0.188. The molecular weight excluding hydrogens is 304 g/mol. The van der Waals surface area contributed by atoms with Crippen LogP contribution in [0.3, 0.4) is 0 Å². The molecule has 0 bridgehead atoms. The average Bonchev–Trinajstić information content (AvgIpc) is 2.83. The first-order valence-corrected chi connectivity index (χ1v) is 7.79. The monoisotopic (exact) mass is 324 g/mol. The molecule has 0 aromatic heterocycles. The van der Waals surface area contributed by atoms with Crippen molar-refractivity contribution in [2.45, 2.75) is 38.5 Å². The number of hydrogen-bond donors (Lipinski definition) is 2. The molecule has 0 radical (unpaired) electrons. The number of allylic oxidation sites excluding steroid dienone is 1. The second-order valence-corrected chi connectivity index (χ2v) is 6.05. The van der Waals surface area contributed by atoms with Gasteiger partial charge in [0.15, 0.2) is 0 Å². The van der Waals surface area contributed by atoms with Gasteiger partial charge in [0.05, 0.1) is 23.7 Å². The summed E-state index contributed by atoms with van der Waals surface area (Å²) in [4.78, 5) is 43.1. The fourth-order valence-corrected chi connectivity index (χ4v) is 3.30. The van der Waals surface area contributed by atoms with Gasteiger partial charge in [-0.1, -0.05) is 25.0 Å². The van der Waals surface area contributed by atoms with E-state index in [9.17, 15) is 19.2 Å². The Morgan fingerprint density at radius 1 is 0.957 bits per heavy atom. The average molecular weight is 324 g/mol. The molecule has 4 atom stereocenters. The van der Waals surface area contributed by atoms with Crippen LogP contribution in [0, 0.1) is 23.7 Å². The van der Waals surface area contributed by atoms with Crippen molar-refractivity contribution < 1.29 is 34.1 Å². The van der Waals surface area contributed by atoms with Crippen LogP contribution in [0.5, 0.6) is 0 Å². The molecule has 0 aromatic rings. The molecule has 0 amide bonds. The maximum atomic E-state index is 10.9. The minimum atomic E-state index is -0.970. The van der Waals surface area contributed by atoms with Gasteiger partial charge in [-0.2, -0.15) is 0 Å². The van der Waals surface area contributed by atoms with Gasteiger partial charge >= 0.3 is 23.9 Å². The van der Waals surface area contributed by atoms with Crippen LogP contribution in [-0.4, -0.2) is 34.1 Å². The summed E-state index contributed by atoms with van der Waals surface area (Å²) in [5.74, 6) is -4.47. The highest BCUT2D eigenvalue weighted by Gasteiger charge is 2.43. The van der Waals surface area contributed by atoms with E-state index < -0.39 is 23.8 Å². The lowest BCUT2D eigenvalue weighted by atomic mass is 9.79. The summed E-state index contributed by atoms with van der Waals surface area (Å²) in [6, 6.07) is 0. The zero-order valence-electron chi connectivity index (χ0n) is 12.6. The van der Waals surface area contributed by atoms with Crippen molar-refractivity contribution in [2.24, 2.45) is 23.7 Å². The summed E-state index contributed by atoms with van der Waals surface area (Å²) in [6.07, 6.45) is 8.03. The fourth-order valence-electron chi connectivity index (χ4n) is 3.30. The van der Waals surface area contributed by atoms with E-state index in [0.717, 1.165) is 25.7 Å². The molecule has 0 spiro atoms. The van der Waals surface area contributed by atoms with E-state index in [0.29, 0.717) is 12.8 Å². The van der Waals surface area contributed by atoms with Crippen LogP contribution in [0.25, 0.3) is 0 Å². The minimum Gasteiger partial charge on any atom is -0.481 e. The van der Waals surface area contributed by atoms with Gasteiger partial charge in [0, 0.05) is 0 Å². The highest BCUT2D eigenvalue weighted by Crippen LogP contribution is 2.32. The van der Waals surface area contributed by atoms with Crippen LogP contribution in [-0.2, 0) is 23.9 Å². The first-order chi connectivity index (χ1) is 10.9. The third kappa shape index (κ3) is 3.97. The van der Waals surface area contributed by atoms with E-state index in [-0.39, 0.29) is 23.8 Å². The molecule has 1 saturated heterocycles. The molecule has 0 aromatic carbocycles. The summed E-state index contributed by atoms with van der Waals surface area (Å²) in [6.45, 7) is 0. The van der Waals surface area contributed by atoms with E-state index >= 15 is 0 Å². The number of carboxylic acid groups (broad SMARTS) is 2. The molecule has 1 heterocycles. The Labute approximate surface area is 133 Å². The van der Waals surface area contributed by atoms with Gasteiger partial charge in [-0.3, -0.25) is 19.2 Å². The fraction of sp³-hybridized carbons (Fsp3) is 0.625. The summed E-state index contributed by atoms with van der Waals surface area (Å²) < 4.78 is 4.48. The van der Waals surface area contributed by atoms with Crippen LogP contribution in [0.1, 0.15) is 38.5 Å². The molecule has 23 heavy (non-hydrogen) atoms. The molecule has 7 nitrogen and oxygen atoms in total. The Morgan fingerprint density at radius 3 is 2.00 bits per heavy atom. The van der Waals surface area contributed by atoms with Crippen molar-refractivity contribution in [3.05, 3.63) is 12.2 Å². The normalized spacial score (nSPS) is 32.3. The molecule has 4 unspecified atom stereocenters. The van der Waals surface area contributed by atoms with Gasteiger partial charge in [-0.05, 0) is 25.7 Å². The van der Waals surface area contributed by atoms with Crippen molar-refractivity contribution in [3.8, 4) is 0 Å². The highest BCUT2D eigenvalue weighted by molar-refractivity contribution is 5.97. The van der Waals surface area contributed by atoms with Gasteiger partial charge in [0.1, 0.15) is 0 Å². The molecule has 2 aliphatic carbocycles. The third-order valence-corrected chi connectivity index (χ3v) is 4.60. The van der Waals surface area contributed by atoms with Gasteiger partial charge < -0.3 is 14.9 Å². The van der Waals surface area contributed by atoms with E-state index in [1.807, 2.05) is 6.08 Å². The molecule has 3 aliphatic rings. The number of cyclic esters (lactones) is 2. The quantitative estimate of drug-likeness (QED) is 0.450. The van der Waals surface area contributed by atoms with Gasteiger partial charge in [0.25, 0.3) is 0 Å². The molecule has 126 valence electrons. The number of aliphatic carboxylic acids is 2. The zero-order valence-corrected chi connectivity index (χ0v) is 12.6. The van der Waals surface area contributed by atoms with Crippen LogP contribution in [0.4, 0.5) is 0 Å². The maximum absolute atomic E-state index is 10.9. The summed E-state index contributed by atoms with van der Waals surface area (Å²) >= 11 is 0. The van der Waals surface area contributed by atoms with Gasteiger partial charge in [-0.15, -0.1) is 0 Å². The molecular formula is C16H20O7. The van der Waals surface area contributed by atoms with Crippen LogP contribution in [0.2, 0.25) is 0 Å². The molecule has 1 aliphatic heterocycles. The Morgan fingerprint density at radius 2 is 1.52 bits per heavy atom. The highest BCUT2D eigenvalue weighted by atomic mass is 16.6. The molecule has 3 rings (SSSR count). The van der Waals surface area contributed by atoms with E-state index in [2.05, 4.69) is 4.74 Å². The standard InChI is InChI=1S/C8H12O4.C8H8O3/c9-7(10)5-3-1-2-4-6(5)8(11)12;9-7-5-3-1-2-4-6(5)8(10)11-7/h5-6H,1-4H2,(H,9,10)(H,11,12);1,3,5-6H,2,4H2. The lowest BCUT2D eigenvalue weighted by molar-refractivity contribution is -0.155. The Bertz CT molecular complexity index is 515. The summed E-state index contributed by atoms with van der Waals surface area (Å²) in [5, 5.41) is 17.4. The van der Waals surface area contributed by atoms with Crippen molar-refractivity contribution in [1.29, 1.82) is 0 Å². The predicted octanol–water partition coefficient (Wildman–Crippen LogP) is 1.61. The van der Waals surface area contributed by atoms with Crippen LogP contribution in [0.15, 0.2) is 12.2 Å². The summed E-state index contributed by atoms with van der Waals surface area (Å²) in [5.41, 5.74) is 0. The number of esters is 2. The molecule has 7 heteroatoms. The third-order valence-electron chi connectivity index (χ3n) is 4.60. The smallest absolute Gasteiger partial charge is 0.321 e. The first-order valence-electron chi connectivity index (χ1n) is 7.79. The Kier molecular flexibility index (Phi) is 5.52. The van der Waals surface area contributed by atoms with Crippen molar-refractivity contribution in [1.82, 2.24) is 0 Å². The van der Waals surface area contributed by atoms with E-state index in [1.165, 1.54) is 0 Å². The topological polar surface area (TPSA) is 118 Å². The number of carbonyl (C=O) groups is 4. The lowest BCUT2D eigenvalue weighted by Gasteiger charge is -2.24. The lowest BCUT2D eigenvalue weighted by Crippen LogP contribution is -2.32. The van der Waals surface area contributed by atoms with E-state index in [4.69, 9.17) is 10.2 Å². The summed E-state index contributed by atoms with van der Waals surface area (Å²) in [7, 11) is 0. The number of hydrogen-bond acceptors (Lipinski definition) is 5. The second-order valence-electron chi connectivity index (χ2n) is 6.05. The number of rotatable bonds is 2. The van der Waals surface area contributed by atoms with Crippen LogP contribution < -0.4 is 0 Å². The van der Waals surface area contributed by atoms with Crippen molar-refractivity contribution >= 4 is 23.9 Å². The zero-order chi connectivity index (χ0) is 17.0. The SMILES string of the molecule is O=C(O)C1CCCCC1C(=O)O.O=C1OC(=O)C2CCC=CC12. The Hall–Kier alpha value is -2.18. The number of fused-ring (bicyclic) bond motifs is 1. The molecule has 2 fully saturated rings. The number of carbonyl (C=O) groups excluding carboxylic acids is 2. The predicted molar refractivity (Wildman–Crippen MR) is 77.2 cm³/mol. The first kappa shape index (κ1) is 17.2. The largest absolute Gasteiger partial charge is 0.481 e. The van der Waals surface area contributed by atoms with E-state index in [1.54, 1.807) is 6.08 Å². The second kappa shape index (κ2) is 7.39. The van der Waals surface area contributed by atoms with Crippen LogP contribution >= 0.6 is 0 Å². The molecule has 1 saturated carbocycles. The maximum Gasteiger partial charge on any atom is 0.321 e. The Balaban J connectivity index is 0.000000167. The van der Waals surface area contributed by atoms with Gasteiger partial charge in [-0.25, -0.2) is 0 Å². The molecule has 2 N–H and O–H groups in total. The van der Waals surface area contributed by atoms with Crippen molar-refractivity contribution in [2.75, 3.05) is 0 Å². The van der Waals surface area contributed by atoms with Crippen molar-refractivity contribution in [3.63, 3.8) is 0 Å². The van der Waals surface area contributed by atoms with Gasteiger partial charge in [0.2, 0.25) is 0 Å². The number of carboxylic acids is 2. The number of ether oxygens (including phenoxy) is 1.